The van der Waals surface area contributed by atoms with Crippen LogP contribution in [0.15, 0.2) is 41.4 Å². The minimum atomic E-state index is 0.0313. The average molecular weight is 313 g/mol. The van der Waals surface area contributed by atoms with Crippen LogP contribution < -0.4 is 5.32 Å². The molecule has 0 heterocycles. The van der Waals surface area contributed by atoms with Crippen molar-refractivity contribution < 1.29 is 5.11 Å². The Balaban J connectivity index is 2.33. The summed E-state index contributed by atoms with van der Waals surface area (Å²) in [5.74, 6) is 0.0313. The molecule has 0 amide bonds. The number of hydrogen-bond donors (Lipinski definition) is 3. The molecule has 5 nitrogen and oxygen atoms in total. The average Bonchev–Trinajstić information content (AvgIpc) is 2.54. The third-order valence-corrected chi connectivity index (χ3v) is 3.34. The number of aliphatic imine (C=N–C) groups is 1. The molecule has 0 saturated carbocycles. The summed E-state index contributed by atoms with van der Waals surface area (Å²) in [7, 11) is 0. The number of nitrogens with one attached hydrogen (secondary N) is 2. The molecule has 22 heavy (non-hydrogen) atoms. The fourth-order valence-corrected chi connectivity index (χ4v) is 2.14. The number of hydrogen-bond acceptors (Lipinski definition) is 3. The Hall–Kier alpha value is -2.84. The standard InChI is InChI=1S/C16H13ClN4O/c17-15-6-12(3-4-16(15)22)11-1-2-13(7-18)14(5-11)8-20-10-21-9-19/h1-6,9-10,22H,8H2,(H2,19,20,21). The van der Waals surface area contributed by atoms with Crippen molar-refractivity contribution in [3.8, 4) is 22.9 Å². The normalized spacial score (nSPS) is 10.4. The lowest BCUT2D eigenvalue weighted by atomic mass is 9.99. The minimum absolute atomic E-state index is 0.0313. The molecule has 0 aliphatic rings. The van der Waals surface area contributed by atoms with Gasteiger partial charge in [-0.3, -0.25) is 5.41 Å². The molecule has 2 aromatic carbocycles. The molecule has 0 saturated heterocycles. The van der Waals surface area contributed by atoms with E-state index in [2.05, 4.69) is 16.4 Å². The molecule has 0 aromatic heterocycles. The third-order valence-electron chi connectivity index (χ3n) is 3.04. The lowest BCUT2D eigenvalue weighted by Gasteiger charge is -2.09. The van der Waals surface area contributed by atoms with Crippen LogP contribution in [0.1, 0.15) is 11.1 Å². The van der Waals surface area contributed by atoms with Gasteiger partial charge in [0.2, 0.25) is 0 Å². The zero-order valence-electron chi connectivity index (χ0n) is 11.5. The Kier molecular flexibility index (Phi) is 5.12. The molecule has 0 atom stereocenters. The summed E-state index contributed by atoms with van der Waals surface area (Å²) >= 11 is 5.93. The molecular formula is C16H13ClN4O. The van der Waals surface area contributed by atoms with E-state index < -0.39 is 0 Å². The van der Waals surface area contributed by atoms with Crippen LogP contribution in [0.25, 0.3) is 11.1 Å². The number of benzene rings is 2. The summed E-state index contributed by atoms with van der Waals surface area (Å²) in [5, 5.41) is 28.6. The maximum Gasteiger partial charge on any atom is 0.134 e. The van der Waals surface area contributed by atoms with Gasteiger partial charge < -0.3 is 10.4 Å². The van der Waals surface area contributed by atoms with Crippen molar-refractivity contribution in [1.29, 1.82) is 10.7 Å². The number of rotatable bonds is 5. The fraction of sp³-hybridized carbons (Fsp3) is 0.0625. The van der Waals surface area contributed by atoms with Gasteiger partial charge in [0.05, 0.1) is 23.0 Å². The van der Waals surface area contributed by atoms with Crippen LogP contribution in [-0.2, 0) is 6.54 Å². The minimum Gasteiger partial charge on any atom is -0.506 e. The Bertz CT molecular complexity index is 765. The summed E-state index contributed by atoms with van der Waals surface area (Å²) in [4.78, 5) is 3.62. The van der Waals surface area contributed by atoms with E-state index in [1.165, 1.54) is 12.4 Å². The van der Waals surface area contributed by atoms with Crippen LogP contribution in [-0.4, -0.2) is 17.8 Å². The molecule has 0 spiro atoms. The molecule has 6 heteroatoms. The van der Waals surface area contributed by atoms with E-state index in [-0.39, 0.29) is 10.8 Å². The van der Waals surface area contributed by atoms with Crippen LogP contribution >= 0.6 is 11.6 Å². The van der Waals surface area contributed by atoms with Gasteiger partial charge in [0, 0.05) is 6.54 Å². The van der Waals surface area contributed by atoms with Crippen LogP contribution in [0.5, 0.6) is 5.75 Å². The number of aromatic hydroxyl groups is 1. The van der Waals surface area contributed by atoms with E-state index in [4.69, 9.17) is 22.3 Å². The van der Waals surface area contributed by atoms with Gasteiger partial charge in [-0.2, -0.15) is 5.26 Å². The van der Waals surface area contributed by atoms with Crippen LogP contribution in [0.4, 0.5) is 0 Å². The SMILES string of the molecule is N#Cc1ccc(-c2ccc(O)c(Cl)c2)cc1CN/C=N\C=N. The van der Waals surface area contributed by atoms with E-state index in [0.717, 1.165) is 23.0 Å². The van der Waals surface area contributed by atoms with Gasteiger partial charge in [0.1, 0.15) is 12.1 Å². The molecule has 0 radical (unpaired) electrons. The second-order valence-corrected chi connectivity index (χ2v) is 4.85. The molecule has 0 aliphatic carbocycles. The zero-order valence-corrected chi connectivity index (χ0v) is 12.3. The van der Waals surface area contributed by atoms with E-state index in [0.29, 0.717) is 12.1 Å². The predicted molar refractivity (Wildman–Crippen MR) is 87.4 cm³/mol. The van der Waals surface area contributed by atoms with E-state index in [9.17, 15) is 5.11 Å². The Morgan fingerprint density at radius 3 is 2.68 bits per heavy atom. The summed E-state index contributed by atoms with van der Waals surface area (Å²) in [6.45, 7) is 0.417. The van der Waals surface area contributed by atoms with Crippen LogP contribution in [0.2, 0.25) is 5.02 Å². The molecule has 2 aromatic rings. The summed E-state index contributed by atoms with van der Waals surface area (Å²) in [5.41, 5.74) is 3.10. The van der Waals surface area contributed by atoms with Crippen molar-refractivity contribution in [3.63, 3.8) is 0 Å². The van der Waals surface area contributed by atoms with Gasteiger partial charge in [-0.1, -0.05) is 23.7 Å². The highest BCUT2D eigenvalue weighted by Gasteiger charge is 2.07. The Morgan fingerprint density at radius 1 is 1.27 bits per heavy atom. The molecule has 0 fully saturated rings. The van der Waals surface area contributed by atoms with Crippen molar-refractivity contribution in [2.75, 3.05) is 0 Å². The quantitative estimate of drug-likeness (QED) is 0.584. The van der Waals surface area contributed by atoms with Gasteiger partial charge in [0.25, 0.3) is 0 Å². The van der Waals surface area contributed by atoms with E-state index in [1.54, 1.807) is 18.2 Å². The number of halogens is 1. The summed E-state index contributed by atoms with van der Waals surface area (Å²) in [6, 6.07) is 12.6. The lowest BCUT2D eigenvalue weighted by molar-refractivity contribution is 0.475. The van der Waals surface area contributed by atoms with E-state index in [1.807, 2.05) is 12.1 Å². The number of nitriles is 1. The molecule has 110 valence electrons. The van der Waals surface area contributed by atoms with Gasteiger partial charge in [0.15, 0.2) is 0 Å². The molecule has 3 N–H and O–H groups in total. The predicted octanol–water partition coefficient (Wildman–Crippen LogP) is 3.31. The number of nitrogens with zero attached hydrogens (tertiary/aromatic N) is 2. The van der Waals surface area contributed by atoms with Crippen molar-refractivity contribution in [3.05, 3.63) is 52.5 Å². The first-order valence-electron chi connectivity index (χ1n) is 6.41. The van der Waals surface area contributed by atoms with Crippen molar-refractivity contribution >= 4 is 24.3 Å². The highest BCUT2D eigenvalue weighted by Crippen LogP contribution is 2.30. The maximum atomic E-state index is 9.48. The van der Waals surface area contributed by atoms with Gasteiger partial charge in [-0.05, 0) is 41.0 Å². The highest BCUT2D eigenvalue weighted by molar-refractivity contribution is 6.32. The first-order chi connectivity index (χ1) is 10.7. The summed E-state index contributed by atoms with van der Waals surface area (Å²) in [6.07, 6.45) is 2.32. The molecule has 2 rings (SSSR count). The topological polar surface area (TPSA) is 92.3 Å². The largest absolute Gasteiger partial charge is 0.506 e. The lowest BCUT2D eigenvalue weighted by Crippen LogP contribution is -2.11. The van der Waals surface area contributed by atoms with Crippen molar-refractivity contribution in [2.45, 2.75) is 6.54 Å². The van der Waals surface area contributed by atoms with Gasteiger partial charge in [-0.15, -0.1) is 0 Å². The molecule has 0 unspecified atom stereocenters. The second kappa shape index (κ2) is 7.25. The smallest absolute Gasteiger partial charge is 0.134 e. The van der Waals surface area contributed by atoms with Crippen molar-refractivity contribution in [2.24, 2.45) is 4.99 Å². The molecular weight excluding hydrogens is 300 g/mol. The fourth-order valence-electron chi connectivity index (χ4n) is 1.96. The number of phenolic OH excluding ortho intramolecular Hbond substituents is 1. The highest BCUT2D eigenvalue weighted by atomic mass is 35.5. The zero-order chi connectivity index (χ0) is 15.9. The first-order valence-corrected chi connectivity index (χ1v) is 6.79. The Labute approximate surface area is 133 Å². The molecule has 0 bridgehead atoms. The number of phenols is 1. The third kappa shape index (κ3) is 3.62. The van der Waals surface area contributed by atoms with Crippen molar-refractivity contribution in [1.82, 2.24) is 5.32 Å². The van der Waals surface area contributed by atoms with Crippen LogP contribution in [0.3, 0.4) is 0 Å². The second-order valence-electron chi connectivity index (χ2n) is 4.44. The van der Waals surface area contributed by atoms with E-state index >= 15 is 0 Å². The van der Waals surface area contributed by atoms with Crippen LogP contribution in [0, 0.1) is 16.7 Å². The monoisotopic (exact) mass is 312 g/mol. The Morgan fingerprint density at radius 2 is 2.00 bits per heavy atom. The first kappa shape index (κ1) is 15.5. The maximum absolute atomic E-state index is 9.48. The van der Waals surface area contributed by atoms with Gasteiger partial charge in [-0.25, -0.2) is 4.99 Å². The molecule has 0 aliphatic heterocycles. The summed E-state index contributed by atoms with van der Waals surface area (Å²) < 4.78 is 0. The van der Waals surface area contributed by atoms with Gasteiger partial charge >= 0.3 is 0 Å².